The first-order chi connectivity index (χ1) is 10.4. The van der Waals surface area contributed by atoms with Crippen LogP contribution in [-0.4, -0.2) is 42.6 Å². The summed E-state index contributed by atoms with van der Waals surface area (Å²) in [7, 11) is 1.58. The quantitative estimate of drug-likeness (QED) is 0.627. The van der Waals surface area contributed by atoms with Gasteiger partial charge < -0.3 is 20.5 Å². The molecule has 1 atom stereocenters. The first kappa shape index (κ1) is 17.6. The van der Waals surface area contributed by atoms with Crippen LogP contribution in [0.15, 0.2) is 24.3 Å². The van der Waals surface area contributed by atoms with Crippen molar-refractivity contribution >= 4 is 23.5 Å². The van der Waals surface area contributed by atoms with Crippen molar-refractivity contribution in [3.63, 3.8) is 0 Å². The average Bonchev–Trinajstić information content (AvgIpc) is 2.48. The van der Waals surface area contributed by atoms with Crippen LogP contribution in [0.25, 0.3) is 0 Å². The van der Waals surface area contributed by atoms with E-state index in [-0.39, 0.29) is 5.91 Å². The Balaban J connectivity index is 2.53. The molecular weight excluding hydrogens is 288 g/mol. The van der Waals surface area contributed by atoms with Crippen LogP contribution < -0.4 is 10.6 Å². The highest BCUT2D eigenvalue weighted by Crippen LogP contribution is 2.10. The van der Waals surface area contributed by atoms with E-state index in [0.717, 1.165) is 0 Å². The molecule has 1 rings (SSSR count). The van der Waals surface area contributed by atoms with E-state index in [0.29, 0.717) is 30.7 Å². The monoisotopic (exact) mass is 308 g/mol. The van der Waals surface area contributed by atoms with Crippen molar-refractivity contribution in [1.29, 1.82) is 0 Å². The van der Waals surface area contributed by atoms with Gasteiger partial charge in [-0.05, 0) is 37.6 Å². The lowest BCUT2D eigenvalue weighted by molar-refractivity contribution is -0.138. The molecule has 0 aliphatic rings. The number of benzene rings is 1. The molecule has 7 nitrogen and oxygen atoms in total. The predicted octanol–water partition coefficient (Wildman–Crippen LogP) is 1.25. The molecule has 0 saturated carbocycles. The number of aliphatic carboxylic acids is 1. The van der Waals surface area contributed by atoms with E-state index in [4.69, 9.17) is 9.84 Å². The second-order valence-corrected chi connectivity index (χ2v) is 4.76. The Morgan fingerprint density at radius 3 is 2.41 bits per heavy atom. The number of amides is 2. The SMILES string of the molecule is COCCCC(=O)Nc1ccc(C(=O)NC(C)C(=O)O)cc1. The minimum absolute atomic E-state index is 0.131. The molecule has 0 aromatic heterocycles. The van der Waals surface area contributed by atoms with Gasteiger partial charge in [-0.15, -0.1) is 0 Å². The van der Waals surface area contributed by atoms with Crippen molar-refractivity contribution < 1.29 is 24.2 Å². The Kier molecular flexibility index (Phi) is 7.04. The summed E-state index contributed by atoms with van der Waals surface area (Å²) in [5.74, 6) is -1.71. The maximum absolute atomic E-state index is 11.8. The van der Waals surface area contributed by atoms with Gasteiger partial charge in [-0.2, -0.15) is 0 Å². The molecule has 3 N–H and O–H groups in total. The molecule has 1 unspecified atom stereocenters. The van der Waals surface area contributed by atoms with Crippen molar-refractivity contribution in [2.24, 2.45) is 0 Å². The van der Waals surface area contributed by atoms with Crippen LogP contribution in [0.5, 0.6) is 0 Å². The van der Waals surface area contributed by atoms with E-state index >= 15 is 0 Å². The number of carbonyl (C=O) groups excluding carboxylic acids is 2. The molecule has 0 aliphatic carbocycles. The van der Waals surface area contributed by atoms with E-state index in [1.54, 1.807) is 19.2 Å². The van der Waals surface area contributed by atoms with Crippen LogP contribution in [0.4, 0.5) is 5.69 Å². The summed E-state index contributed by atoms with van der Waals surface area (Å²) in [6, 6.07) is 5.26. The van der Waals surface area contributed by atoms with Crippen LogP contribution in [0.3, 0.4) is 0 Å². The lowest BCUT2D eigenvalue weighted by atomic mass is 10.1. The summed E-state index contributed by atoms with van der Waals surface area (Å²) in [6.45, 7) is 1.91. The molecule has 1 aromatic rings. The minimum Gasteiger partial charge on any atom is -0.480 e. The number of anilines is 1. The Morgan fingerprint density at radius 1 is 1.23 bits per heavy atom. The number of ether oxygens (including phenoxy) is 1. The van der Waals surface area contributed by atoms with Gasteiger partial charge in [0.25, 0.3) is 5.91 Å². The van der Waals surface area contributed by atoms with Gasteiger partial charge in [0, 0.05) is 31.4 Å². The van der Waals surface area contributed by atoms with Gasteiger partial charge >= 0.3 is 5.97 Å². The third-order valence-corrected chi connectivity index (χ3v) is 2.90. The standard InChI is InChI=1S/C15H20N2O5/c1-10(15(20)21)16-14(19)11-5-7-12(8-6-11)17-13(18)4-3-9-22-2/h5-8,10H,3-4,9H2,1-2H3,(H,16,19)(H,17,18)(H,20,21). The van der Waals surface area contributed by atoms with Crippen LogP contribution >= 0.6 is 0 Å². The molecule has 22 heavy (non-hydrogen) atoms. The zero-order chi connectivity index (χ0) is 16.5. The number of hydrogen-bond donors (Lipinski definition) is 3. The summed E-state index contributed by atoms with van der Waals surface area (Å²) in [5, 5.41) is 13.8. The van der Waals surface area contributed by atoms with Gasteiger partial charge in [-0.3, -0.25) is 14.4 Å². The zero-order valence-electron chi connectivity index (χ0n) is 12.6. The van der Waals surface area contributed by atoms with Gasteiger partial charge in [0.2, 0.25) is 5.91 Å². The molecule has 120 valence electrons. The fourth-order valence-corrected chi connectivity index (χ4v) is 1.65. The van der Waals surface area contributed by atoms with Gasteiger partial charge in [0.15, 0.2) is 0 Å². The molecule has 0 fully saturated rings. The molecule has 0 radical (unpaired) electrons. The molecule has 0 heterocycles. The highest BCUT2D eigenvalue weighted by atomic mass is 16.5. The van der Waals surface area contributed by atoms with Crippen molar-refractivity contribution in [2.45, 2.75) is 25.8 Å². The molecule has 0 spiro atoms. The fraction of sp³-hybridized carbons (Fsp3) is 0.400. The molecule has 2 amide bonds. The lowest BCUT2D eigenvalue weighted by Crippen LogP contribution is -2.38. The summed E-state index contributed by atoms with van der Waals surface area (Å²) in [4.78, 5) is 34.1. The Bertz CT molecular complexity index is 527. The summed E-state index contributed by atoms with van der Waals surface area (Å²) < 4.78 is 4.87. The third kappa shape index (κ3) is 5.92. The van der Waals surface area contributed by atoms with E-state index < -0.39 is 17.9 Å². The second kappa shape index (κ2) is 8.78. The maximum Gasteiger partial charge on any atom is 0.325 e. The van der Waals surface area contributed by atoms with Crippen LogP contribution in [0, 0.1) is 0 Å². The number of carboxylic acids is 1. The van der Waals surface area contributed by atoms with E-state index in [2.05, 4.69) is 10.6 Å². The van der Waals surface area contributed by atoms with Crippen LogP contribution in [-0.2, 0) is 14.3 Å². The predicted molar refractivity (Wildman–Crippen MR) is 80.7 cm³/mol. The minimum atomic E-state index is -1.10. The first-order valence-corrected chi connectivity index (χ1v) is 6.86. The van der Waals surface area contributed by atoms with Crippen molar-refractivity contribution in [3.8, 4) is 0 Å². The van der Waals surface area contributed by atoms with E-state index in [9.17, 15) is 14.4 Å². The average molecular weight is 308 g/mol. The zero-order valence-corrected chi connectivity index (χ0v) is 12.6. The first-order valence-electron chi connectivity index (χ1n) is 6.86. The number of nitrogens with one attached hydrogen (secondary N) is 2. The van der Waals surface area contributed by atoms with Crippen LogP contribution in [0.1, 0.15) is 30.1 Å². The third-order valence-electron chi connectivity index (χ3n) is 2.90. The van der Waals surface area contributed by atoms with Gasteiger partial charge in [-0.25, -0.2) is 0 Å². The molecule has 7 heteroatoms. The van der Waals surface area contributed by atoms with E-state index in [1.807, 2.05) is 0 Å². The number of carbonyl (C=O) groups is 3. The highest BCUT2D eigenvalue weighted by Gasteiger charge is 2.15. The summed E-state index contributed by atoms with van der Waals surface area (Å²) in [5.41, 5.74) is 0.899. The van der Waals surface area contributed by atoms with E-state index in [1.165, 1.54) is 19.1 Å². The topological polar surface area (TPSA) is 105 Å². The maximum atomic E-state index is 11.8. The van der Waals surface area contributed by atoms with Crippen molar-refractivity contribution in [1.82, 2.24) is 5.32 Å². The molecule has 0 saturated heterocycles. The molecule has 0 bridgehead atoms. The molecular formula is C15H20N2O5. The number of rotatable bonds is 8. The smallest absolute Gasteiger partial charge is 0.325 e. The Hall–Kier alpha value is -2.41. The largest absolute Gasteiger partial charge is 0.480 e. The van der Waals surface area contributed by atoms with Crippen molar-refractivity contribution in [2.75, 3.05) is 19.0 Å². The molecule has 1 aromatic carbocycles. The highest BCUT2D eigenvalue weighted by molar-refractivity contribution is 5.97. The number of methoxy groups -OCH3 is 1. The number of hydrogen-bond acceptors (Lipinski definition) is 4. The summed E-state index contributed by atoms with van der Waals surface area (Å²) >= 11 is 0. The fourth-order valence-electron chi connectivity index (χ4n) is 1.65. The van der Waals surface area contributed by atoms with Gasteiger partial charge in [0.1, 0.15) is 6.04 Å². The number of carboxylic acid groups (broad SMARTS) is 1. The van der Waals surface area contributed by atoms with Crippen molar-refractivity contribution in [3.05, 3.63) is 29.8 Å². The summed E-state index contributed by atoms with van der Waals surface area (Å²) in [6.07, 6.45) is 0.988. The second-order valence-electron chi connectivity index (χ2n) is 4.76. The Morgan fingerprint density at radius 2 is 1.86 bits per heavy atom. The normalized spacial score (nSPS) is 11.5. The Labute approximate surface area is 128 Å². The van der Waals surface area contributed by atoms with Crippen LogP contribution in [0.2, 0.25) is 0 Å². The van der Waals surface area contributed by atoms with Gasteiger partial charge in [0.05, 0.1) is 0 Å². The lowest BCUT2D eigenvalue weighted by Gasteiger charge is -2.10. The molecule has 0 aliphatic heterocycles. The van der Waals surface area contributed by atoms with Gasteiger partial charge in [-0.1, -0.05) is 0 Å².